The van der Waals surface area contributed by atoms with Crippen molar-refractivity contribution >= 4 is 18.4 Å². The van der Waals surface area contributed by atoms with Crippen LogP contribution in [0.25, 0.3) is 11.1 Å². The SMILES string of the molecule is CCOC(=O)CC(N)c1cc(-c2c(C)cc(F)cc2C)cc(C)c1F.Cl. The molecule has 0 amide bonds. The molecule has 0 aromatic heterocycles. The highest BCUT2D eigenvalue weighted by molar-refractivity contribution is 5.85. The third kappa shape index (κ3) is 4.80. The Labute approximate surface area is 159 Å². The van der Waals surface area contributed by atoms with E-state index in [9.17, 15) is 13.6 Å². The van der Waals surface area contributed by atoms with Gasteiger partial charge in [0, 0.05) is 11.6 Å². The highest BCUT2D eigenvalue weighted by Gasteiger charge is 2.20. The van der Waals surface area contributed by atoms with E-state index in [0.717, 1.165) is 22.3 Å². The Morgan fingerprint density at radius 1 is 1.08 bits per heavy atom. The third-order valence-electron chi connectivity index (χ3n) is 4.16. The molecule has 0 radical (unpaired) electrons. The zero-order valence-corrected chi connectivity index (χ0v) is 16.2. The molecular weight excluding hydrogens is 360 g/mol. The van der Waals surface area contributed by atoms with Gasteiger partial charge in [0.1, 0.15) is 11.6 Å². The molecular formula is C20H24ClF2NO2. The number of ether oxygens (including phenoxy) is 1. The van der Waals surface area contributed by atoms with Gasteiger partial charge in [0.05, 0.1) is 13.0 Å². The van der Waals surface area contributed by atoms with Crippen molar-refractivity contribution in [2.24, 2.45) is 5.73 Å². The summed E-state index contributed by atoms with van der Waals surface area (Å²) in [6, 6.07) is 5.43. The van der Waals surface area contributed by atoms with Gasteiger partial charge in [0.25, 0.3) is 0 Å². The molecule has 6 heteroatoms. The minimum Gasteiger partial charge on any atom is -0.466 e. The van der Waals surface area contributed by atoms with Crippen LogP contribution < -0.4 is 5.73 Å². The minimum absolute atomic E-state index is 0. The first-order chi connectivity index (χ1) is 11.7. The quantitative estimate of drug-likeness (QED) is 0.744. The van der Waals surface area contributed by atoms with Crippen molar-refractivity contribution in [2.75, 3.05) is 6.61 Å². The zero-order chi connectivity index (χ0) is 18.7. The number of halogens is 3. The lowest BCUT2D eigenvalue weighted by atomic mass is 9.90. The molecule has 1 atom stereocenters. The van der Waals surface area contributed by atoms with E-state index in [1.807, 2.05) is 13.8 Å². The molecule has 2 rings (SSSR count). The van der Waals surface area contributed by atoms with E-state index in [0.29, 0.717) is 5.56 Å². The van der Waals surface area contributed by atoms with E-state index >= 15 is 0 Å². The molecule has 0 saturated carbocycles. The van der Waals surface area contributed by atoms with Gasteiger partial charge in [-0.1, -0.05) is 0 Å². The maximum Gasteiger partial charge on any atom is 0.307 e. The van der Waals surface area contributed by atoms with Crippen LogP contribution in [0.2, 0.25) is 0 Å². The summed E-state index contributed by atoms with van der Waals surface area (Å²) < 4.78 is 33.0. The summed E-state index contributed by atoms with van der Waals surface area (Å²) in [5, 5.41) is 0. The molecule has 0 aliphatic carbocycles. The minimum atomic E-state index is -0.807. The number of nitrogens with two attached hydrogens (primary N) is 1. The number of benzene rings is 2. The summed E-state index contributed by atoms with van der Waals surface area (Å²) in [7, 11) is 0. The first kappa shape index (κ1) is 22.1. The number of esters is 1. The number of hydrogen-bond acceptors (Lipinski definition) is 3. The Morgan fingerprint density at radius 3 is 2.19 bits per heavy atom. The summed E-state index contributed by atoms with van der Waals surface area (Å²) in [5.74, 6) is -1.21. The van der Waals surface area contributed by atoms with Crippen molar-refractivity contribution in [3.63, 3.8) is 0 Å². The second kappa shape index (κ2) is 9.10. The van der Waals surface area contributed by atoms with Crippen molar-refractivity contribution in [3.8, 4) is 11.1 Å². The molecule has 0 saturated heterocycles. The highest BCUT2D eigenvalue weighted by Crippen LogP contribution is 2.33. The van der Waals surface area contributed by atoms with Crippen LogP contribution in [0, 0.1) is 32.4 Å². The normalized spacial score (nSPS) is 11.7. The molecule has 0 aliphatic rings. The van der Waals surface area contributed by atoms with Crippen LogP contribution in [0.5, 0.6) is 0 Å². The summed E-state index contributed by atoms with van der Waals surface area (Å²) in [5.41, 5.74) is 9.83. The third-order valence-corrected chi connectivity index (χ3v) is 4.16. The molecule has 0 bridgehead atoms. The first-order valence-electron chi connectivity index (χ1n) is 8.23. The lowest BCUT2D eigenvalue weighted by Crippen LogP contribution is -2.19. The van der Waals surface area contributed by atoms with Gasteiger partial charge in [-0.25, -0.2) is 8.78 Å². The zero-order valence-electron chi connectivity index (χ0n) is 15.4. The largest absolute Gasteiger partial charge is 0.466 e. The molecule has 2 N–H and O–H groups in total. The van der Waals surface area contributed by atoms with Gasteiger partial charge in [-0.2, -0.15) is 0 Å². The van der Waals surface area contributed by atoms with Crippen LogP contribution in [0.3, 0.4) is 0 Å². The summed E-state index contributed by atoms with van der Waals surface area (Å²) >= 11 is 0. The Hall–Kier alpha value is -1.98. The van der Waals surface area contributed by atoms with Crippen LogP contribution in [0.4, 0.5) is 8.78 Å². The molecule has 2 aromatic rings. The van der Waals surface area contributed by atoms with E-state index < -0.39 is 17.8 Å². The summed E-state index contributed by atoms with van der Waals surface area (Å²) in [4.78, 5) is 11.7. The number of hydrogen-bond donors (Lipinski definition) is 1. The maximum absolute atomic E-state index is 14.6. The van der Waals surface area contributed by atoms with Crippen molar-refractivity contribution in [3.05, 3.63) is 58.2 Å². The molecule has 142 valence electrons. The molecule has 3 nitrogen and oxygen atoms in total. The van der Waals surface area contributed by atoms with Crippen molar-refractivity contribution in [1.29, 1.82) is 0 Å². The Bertz CT molecular complexity index is 786. The lowest BCUT2D eigenvalue weighted by molar-refractivity contribution is -0.143. The Kier molecular flexibility index (Phi) is 7.72. The van der Waals surface area contributed by atoms with E-state index in [1.165, 1.54) is 12.1 Å². The van der Waals surface area contributed by atoms with E-state index in [4.69, 9.17) is 10.5 Å². The molecule has 0 aliphatic heterocycles. The second-order valence-corrected chi connectivity index (χ2v) is 6.23. The van der Waals surface area contributed by atoms with Gasteiger partial charge in [0.2, 0.25) is 0 Å². The topological polar surface area (TPSA) is 52.3 Å². The molecule has 0 fully saturated rings. The Morgan fingerprint density at radius 2 is 1.65 bits per heavy atom. The van der Waals surface area contributed by atoms with Crippen LogP contribution in [0.1, 0.15) is 41.6 Å². The standard InChI is InChI=1S/C20H23F2NO2.ClH/c1-5-25-18(24)10-17(23)16-9-14(6-13(4)20(16)22)19-11(2)7-15(21)8-12(19)3;/h6-9,17H,5,10,23H2,1-4H3;1H. The second-order valence-electron chi connectivity index (χ2n) is 6.23. The number of carbonyl (C=O) groups excluding carboxylic acids is 1. The molecule has 26 heavy (non-hydrogen) atoms. The van der Waals surface area contributed by atoms with Crippen molar-refractivity contribution < 1.29 is 18.3 Å². The summed E-state index contributed by atoms with van der Waals surface area (Å²) in [6.07, 6.45) is -0.102. The smallest absolute Gasteiger partial charge is 0.307 e. The monoisotopic (exact) mass is 383 g/mol. The average molecular weight is 384 g/mol. The van der Waals surface area contributed by atoms with Crippen molar-refractivity contribution in [2.45, 2.75) is 40.2 Å². The number of carbonyl (C=O) groups is 1. The number of rotatable bonds is 5. The average Bonchev–Trinajstić information content (AvgIpc) is 2.49. The first-order valence-corrected chi connectivity index (χ1v) is 8.23. The van der Waals surface area contributed by atoms with Gasteiger partial charge in [-0.05, 0) is 79.8 Å². The molecule has 0 spiro atoms. The van der Waals surface area contributed by atoms with Gasteiger partial charge >= 0.3 is 5.97 Å². The summed E-state index contributed by atoms with van der Waals surface area (Å²) in [6.45, 7) is 7.22. The fraction of sp³-hybridized carbons (Fsp3) is 0.350. The molecule has 2 aromatic carbocycles. The predicted octanol–water partition coefficient (Wildman–Crippen LogP) is 4.93. The highest BCUT2D eigenvalue weighted by atomic mass is 35.5. The Balaban J connectivity index is 0.00000338. The molecule has 1 unspecified atom stereocenters. The fourth-order valence-electron chi connectivity index (χ4n) is 3.09. The van der Waals surface area contributed by atoms with Gasteiger partial charge < -0.3 is 10.5 Å². The van der Waals surface area contributed by atoms with Crippen LogP contribution >= 0.6 is 12.4 Å². The van der Waals surface area contributed by atoms with E-state index in [2.05, 4.69) is 0 Å². The fourth-order valence-corrected chi connectivity index (χ4v) is 3.09. The predicted molar refractivity (Wildman–Crippen MR) is 101 cm³/mol. The van der Waals surface area contributed by atoms with Gasteiger partial charge in [-0.3, -0.25) is 4.79 Å². The van der Waals surface area contributed by atoms with Gasteiger partial charge in [-0.15, -0.1) is 12.4 Å². The maximum atomic E-state index is 14.6. The number of aryl methyl sites for hydroxylation is 3. The van der Waals surface area contributed by atoms with E-state index in [1.54, 1.807) is 26.0 Å². The molecule has 0 heterocycles. The van der Waals surface area contributed by atoms with Crippen LogP contribution in [0.15, 0.2) is 24.3 Å². The van der Waals surface area contributed by atoms with Crippen LogP contribution in [-0.2, 0) is 9.53 Å². The van der Waals surface area contributed by atoms with Gasteiger partial charge in [0.15, 0.2) is 0 Å². The lowest BCUT2D eigenvalue weighted by Gasteiger charge is -2.18. The van der Waals surface area contributed by atoms with Crippen LogP contribution in [-0.4, -0.2) is 12.6 Å². The van der Waals surface area contributed by atoms with Crippen molar-refractivity contribution in [1.82, 2.24) is 0 Å². The van der Waals surface area contributed by atoms with E-state index in [-0.39, 0.29) is 36.8 Å².